The lowest BCUT2D eigenvalue weighted by Gasteiger charge is -2.06. The van der Waals surface area contributed by atoms with E-state index in [2.05, 4.69) is 16.9 Å². The maximum atomic E-state index is 5.58. The van der Waals surface area contributed by atoms with E-state index < -0.39 is 0 Å². The van der Waals surface area contributed by atoms with Crippen molar-refractivity contribution >= 4 is 0 Å². The molecule has 88 valence electrons. The molecule has 2 N–H and O–H groups in total. The van der Waals surface area contributed by atoms with Gasteiger partial charge in [0.25, 0.3) is 0 Å². The van der Waals surface area contributed by atoms with E-state index in [4.69, 9.17) is 10.5 Å². The van der Waals surface area contributed by atoms with Crippen molar-refractivity contribution in [3.05, 3.63) is 47.3 Å². The normalized spacial score (nSPS) is 10.3. The molecule has 1 aromatic carbocycles. The summed E-state index contributed by atoms with van der Waals surface area (Å²) in [7, 11) is 0. The van der Waals surface area contributed by atoms with E-state index in [1.54, 1.807) is 12.3 Å². The molecule has 0 saturated heterocycles. The number of aryl methyl sites for hydroxylation is 2. The molecule has 2 rings (SSSR count). The molecule has 4 heteroatoms. The Bertz CT molecular complexity index is 526. The molecule has 0 spiro atoms. The molecule has 0 radical (unpaired) electrons. The summed E-state index contributed by atoms with van der Waals surface area (Å²) in [6.45, 7) is 4.48. The SMILES string of the molecule is Cc1ccc(Oc2nccc(CN)n2)cc1C. The summed E-state index contributed by atoms with van der Waals surface area (Å²) < 4.78 is 5.58. The van der Waals surface area contributed by atoms with Crippen LogP contribution in [-0.4, -0.2) is 9.97 Å². The quantitative estimate of drug-likeness (QED) is 0.877. The highest BCUT2D eigenvalue weighted by molar-refractivity contribution is 5.35. The molecule has 4 nitrogen and oxygen atoms in total. The molecular formula is C13H15N3O. The van der Waals surface area contributed by atoms with Crippen LogP contribution >= 0.6 is 0 Å². The van der Waals surface area contributed by atoms with Gasteiger partial charge in [-0.1, -0.05) is 6.07 Å². The molecule has 0 aliphatic rings. The van der Waals surface area contributed by atoms with Crippen LogP contribution in [0, 0.1) is 13.8 Å². The van der Waals surface area contributed by atoms with E-state index in [-0.39, 0.29) is 0 Å². The summed E-state index contributed by atoms with van der Waals surface area (Å²) in [5.74, 6) is 0.738. The predicted molar refractivity (Wildman–Crippen MR) is 65.9 cm³/mol. The van der Waals surface area contributed by atoms with Crippen LogP contribution in [0.4, 0.5) is 0 Å². The van der Waals surface area contributed by atoms with Crippen molar-refractivity contribution in [1.29, 1.82) is 0 Å². The monoisotopic (exact) mass is 229 g/mol. The smallest absolute Gasteiger partial charge is 0.322 e. The van der Waals surface area contributed by atoms with E-state index in [0.717, 1.165) is 11.4 Å². The Morgan fingerprint density at radius 2 is 2.00 bits per heavy atom. The number of benzene rings is 1. The van der Waals surface area contributed by atoms with Gasteiger partial charge < -0.3 is 10.5 Å². The minimum Gasteiger partial charge on any atom is -0.424 e. The second kappa shape index (κ2) is 4.93. The summed E-state index contributed by atoms with van der Waals surface area (Å²) in [4.78, 5) is 8.23. The van der Waals surface area contributed by atoms with Crippen molar-refractivity contribution in [2.45, 2.75) is 20.4 Å². The van der Waals surface area contributed by atoms with Crippen LogP contribution in [0.5, 0.6) is 11.8 Å². The highest BCUT2D eigenvalue weighted by atomic mass is 16.5. The Hall–Kier alpha value is -1.94. The van der Waals surface area contributed by atoms with Gasteiger partial charge in [-0.05, 0) is 43.2 Å². The second-order valence-electron chi connectivity index (χ2n) is 3.88. The number of rotatable bonds is 3. The lowest BCUT2D eigenvalue weighted by Crippen LogP contribution is -2.01. The van der Waals surface area contributed by atoms with Crippen molar-refractivity contribution in [2.75, 3.05) is 0 Å². The van der Waals surface area contributed by atoms with Crippen LogP contribution in [0.25, 0.3) is 0 Å². The van der Waals surface area contributed by atoms with Crippen molar-refractivity contribution in [1.82, 2.24) is 9.97 Å². The molecule has 0 fully saturated rings. The van der Waals surface area contributed by atoms with E-state index in [1.807, 2.05) is 25.1 Å². The molecule has 0 amide bonds. The molecule has 0 saturated carbocycles. The molecule has 1 heterocycles. The molecule has 0 atom stereocenters. The van der Waals surface area contributed by atoms with Crippen LogP contribution in [0.1, 0.15) is 16.8 Å². The molecule has 0 aliphatic heterocycles. The average molecular weight is 229 g/mol. The zero-order valence-corrected chi connectivity index (χ0v) is 9.97. The second-order valence-corrected chi connectivity index (χ2v) is 3.88. The first-order chi connectivity index (χ1) is 8.19. The van der Waals surface area contributed by atoms with Crippen LogP contribution in [0.15, 0.2) is 30.5 Å². The highest BCUT2D eigenvalue weighted by Gasteiger charge is 2.02. The maximum Gasteiger partial charge on any atom is 0.322 e. The first-order valence-corrected chi connectivity index (χ1v) is 5.46. The minimum absolute atomic E-state index is 0.330. The first kappa shape index (κ1) is 11.5. The van der Waals surface area contributed by atoms with Crippen molar-refractivity contribution in [2.24, 2.45) is 5.73 Å². The summed E-state index contributed by atoms with van der Waals surface area (Å²) in [6, 6.07) is 7.98. The number of nitrogens with two attached hydrogens (primary N) is 1. The number of nitrogens with zero attached hydrogens (tertiary/aromatic N) is 2. The van der Waals surface area contributed by atoms with Gasteiger partial charge in [0.2, 0.25) is 0 Å². The van der Waals surface area contributed by atoms with Gasteiger partial charge in [0, 0.05) is 12.7 Å². The molecule has 17 heavy (non-hydrogen) atoms. The lowest BCUT2D eigenvalue weighted by atomic mass is 10.1. The van der Waals surface area contributed by atoms with Gasteiger partial charge >= 0.3 is 6.01 Å². The Balaban J connectivity index is 2.22. The highest BCUT2D eigenvalue weighted by Crippen LogP contribution is 2.20. The maximum absolute atomic E-state index is 5.58. The third-order valence-electron chi connectivity index (χ3n) is 2.59. The van der Waals surface area contributed by atoms with E-state index in [0.29, 0.717) is 12.6 Å². The predicted octanol–water partition coefficient (Wildman–Crippen LogP) is 2.34. The molecule has 2 aromatic rings. The van der Waals surface area contributed by atoms with Gasteiger partial charge in [-0.2, -0.15) is 4.98 Å². The number of aromatic nitrogens is 2. The molecule has 0 aliphatic carbocycles. The van der Waals surface area contributed by atoms with E-state index in [9.17, 15) is 0 Å². The Morgan fingerprint density at radius 3 is 2.71 bits per heavy atom. The molecule has 0 unspecified atom stereocenters. The van der Waals surface area contributed by atoms with Gasteiger partial charge in [0.1, 0.15) is 5.75 Å². The van der Waals surface area contributed by atoms with E-state index >= 15 is 0 Å². The lowest BCUT2D eigenvalue weighted by molar-refractivity contribution is 0.439. The van der Waals surface area contributed by atoms with Gasteiger partial charge in [-0.3, -0.25) is 0 Å². The fourth-order valence-corrected chi connectivity index (χ4v) is 1.42. The fraction of sp³-hybridized carbons (Fsp3) is 0.231. The van der Waals surface area contributed by atoms with E-state index in [1.165, 1.54) is 11.1 Å². The van der Waals surface area contributed by atoms with Crippen LogP contribution in [0.3, 0.4) is 0 Å². The Kier molecular flexibility index (Phi) is 3.35. The van der Waals surface area contributed by atoms with Crippen molar-refractivity contribution < 1.29 is 4.74 Å². The molecular weight excluding hydrogens is 214 g/mol. The molecule has 0 bridgehead atoms. The summed E-state index contributed by atoms with van der Waals surface area (Å²) >= 11 is 0. The Labute approximate surface area is 100 Å². The van der Waals surface area contributed by atoms with Gasteiger partial charge in [0.15, 0.2) is 0 Å². The summed E-state index contributed by atoms with van der Waals surface area (Å²) in [5, 5.41) is 0. The van der Waals surface area contributed by atoms with Crippen LogP contribution in [0.2, 0.25) is 0 Å². The zero-order valence-electron chi connectivity index (χ0n) is 9.97. The van der Waals surface area contributed by atoms with Gasteiger partial charge in [-0.25, -0.2) is 4.98 Å². The average Bonchev–Trinajstić information content (AvgIpc) is 2.34. The standard InChI is InChI=1S/C13H15N3O/c1-9-3-4-12(7-10(9)2)17-13-15-6-5-11(8-14)16-13/h3-7H,8,14H2,1-2H3. The van der Waals surface area contributed by atoms with Crippen molar-refractivity contribution in [3.63, 3.8) is 0 Å². The number of ether oxygens (including phenoxy) is 1. The number of hydrogen-bond acceptors (Lipinski definition) is 4. The van der Waals surface area contributed by atoms with Crippen molar-refractivity contribution in [3.8, 4) is 11.8 Å². The van der Waals surface area contributed by atoms with Crippen LogP contribution < -0.4 is 10.5 Å². The zero-order chi connectivity index (χ0) is 12.3. The third kappa shape index (κ3) is 2.79. The molecule has 1 aromatic heterocycles. The summed E-state index contributed by atoms with van der Waals surface area (Å²) in [5.41, 5.74) is 8.68. The first-order valence-electron chi connectivity index (χ1n) is 5.46. The Morgan fingerprint density at radius 1 is 1.18 bits per heavy atom. The van der Waals surface area contributed by atoms with Crippen LogP contribution in [-0.2, 0) is 6.54 Å². The topological polar surface area (TPSA) is 61.0 Å². The summed E-state index contributed by atoms with van der Waals surface area (Å²) in [6.07, 6.45) is 1.64. The minimum atomic E-state index is 0.330. The van der Waals surface area contributed by atoms with Gasteiger partial charge in [0.05, 0.1) is 5.69 Å². The fourth-order valence-electron chi connectivity index (χ4n) is 1.42. The van der Waals surface area contributed by atoms with Gasteiger partial charge in [-0.15, -0.1) is 0 Å². The third-order valence-corrected chi connectivity index (χ3v) is 2.59. The largest absolute Gasteiger partial charge is 0.424 e. The number of hydrogen-bond donors (Lipinski definition) is 1.